The van der Waals surface area contributed by atoms with E-state index in [1.54, 1.807) is 0 Å². The van der Waals surface area contributed by atoms with Gasteiger partial charge in [0.25, 0.3) is 0 Å². The summed E-state index contributed by atoms with van der Waals surface area (Å²) in [6, 6.07) is 0.456. The second-order valence-electron chi connectivity index (χ2n) is 8.25. The van der Waals surface area contributed by atoms with Gasteiger partial charge < -0.3 is 10.2 Å². The fourth-order valence-corrected chi connectivity index (χ4v) is 5.12. The third-order valence-corrected chi connectivity index (χ3v) is 8.02. The normalized spacial score (nSPS) is 25.4. The predicted molar refractivity (Wildman–Crippen MR) is 105 cm³/mol. The van der Waals surface area contributed by atoms with Crippen LogP contribution in [0, 0.1) is 5.92 Å². The van der Waals surface area contributed by atoms with Gasteiger partial charge in [-0.15, -0.1) is 0 Å². The molecule has 1 N–H and O–H groups in total. The number of nitrogens with one attached hydrogen (secondary N) is 1. The average molecular weight is 373 g/mol. The van der Waals surface area contributed by atoms with Crippen molar-refractivity contribution >= 4 is 15.8 Å². The van der Waals surface area contributed by atoms with Crippen molar-refractivity contribution in [2.75, 3.05) is 45.0 Å². The lowest BCUT2D eigenvalue weighted by molar-refractivity contribution is 0.197. The fraction of sp³-hybridized carbons (Fsp3) is 0.944. The molecule has 6 nitrogen and oxygen atoms in total. The largest absolute Gasteiger partial charge is 0.357 e. The van der Waals surface area contributed by atoms with Crippen LogP contribution in [0.3, 0.4) is 0 Å². The minimum absolute atomic E-state index is 0.199. The quantitative estimate of drug-likeness (QED) is 0.586. The molecule has 1 unspecified atom stereocenters. The van der Waals surface area contributed by atoms with E-state index in [-0.39, 0.29) is 5.75 Å². The molecule has 2 fully saturated rings. The molecule has 0 saturated carbocycles. The van der Waals surface area contributed by atoms with Gasteiger partial charge >= 0.3 is 0 Å². The smallest absolute Gasteiger partial charge is 0.194 e. The maximum Gasteiger partial charge on any atom is 0.194 e. The molecule has 2 aliphatic heterocycles. The van der Waals surface area contributed by atoms with E-state index in [0.29, 0.717) is 25.0 Å². The van der Waals surface area contributed by atoms with Gasteiger partial charge in [-0.2, -0.15) is 0 Å². The molecule has 0 aliphatic carbocycles. The van der Waals surface area contributed by atoms with Crippen LogP contribution < -0.4 is 5.32 Å². The first-order valence-corrected chi connectivity index (χ1v) is 11.3. The number of hydrogen-bond acceptors (Lipinski definition) is 4. The Morgan fingerprint density at radius 1 is 1.20 bits per heavy atom. The summed E-state index contributed by atoms with van der Waals surface area (Å²) in [5.74, 6) is 1.61. The molecule has 0 amide bonds. The second kappa shape index (κ2) is 8.25. The van der Waals surface area contributed by atoms with Crippen LogP contribution in [0.15, 0.2) is 4.99 Å². The van der Waals surface area contributed by atoms with Gasteiger partial charge in [-0.05, 0) is 52.6 Å². The molecule has 0 radical (unpaired) electrons. The second-order valence-corrected chi connectivity index (χ2v) is 11.0. The molecule has 1 atom stereocenters. The summed E-state index contributed by atoms with van der Waals surface area (Å²) in [6.45, 7) is 15.1. The average Bonchev–Trinajstić information content (AvgIpc) is 3.03. The summed E-state index contributed by atoms with van der Waals surface area (Å²) in [5.41, 5.74) is 0. The Kier molecular flexibility index (Phi) is 6.76. The number of rotatable bonds is 5. The zero-order chi connectivity index (χ0) is 18.7. The highest BCUT2D eigenvalue weighted by atomic mass is 32.2. The zero-order valence-corrected chi connectivity index (χ0v) is 17.4. The molecule has 25 heavy (non-hydrogen) atoms. The minimum Gasteiger partial charge on any atom is -0.357 e. The summed E-state index contributed by atoms with van der Waals surface area (Å²) < 4.78 is 23.8. The highest BCUT2D eigenvalue weighted by Crippen LogP contribution is 2.24. The van der Waals surface area contributed by atoms with Gasteiger partial charge in [0.15, 0.2) is 15.8 Å². The van der Waals surface area contributed by atoms with Crippen LogP contribution >= 0.6 is 0 Å². The number of sulfone groups is 1. The monoisotopic (exact) mass is 372 g/mol. The maximum atomic E-state index is 12.3. The summed E-state index contributed by atoms with van der Waals surface area (Å²) in [6.07, 6.45) is 2.57. The van der Waals surface area contributed by atoms with Gasteiger partial charge in [-0.25, -0.2) is 8.42 Å². The molecule has 2 saturated heterocycles. The van der Waals surface area contributed by atoms with Crippen molar-refractivity contribution in [3.05, 3.63) is 0 Å². The molecule has 0 aromatic heterocycles. The molecular weight excluding hydrogens is 336 g/mol. The van der Waals surface area contributed by atoms with Crippen LogP contribution in [0.2, 0.25) is 0 Å². The van der Waals surface area contributed by atoms with Crippen LogP contribution in [-0.4, -0.2) is 80.0 Å². The highest BCUT2D eigenvalue weighted by molar-refractivity contribution is 7.92. The van der Waals surface area contributed by atoms with E-state index < -0.39 is 14.6 Å². The Labute approximate surface area is 154 Å². The Balaban J connectivity index is 2.12. The lowest BCUT2D eigenvalue weighted by Crippen LogP contribution is -2.57. The van der Waals surface area contributed by atoms with Gasteiger partial charge in [0.2, 0.25) is 0 Å². The van der Waals surface area contributed by atoms with Crippen LogP contribution in [0.5, 0.6) is 0 Å². The van der Waals surface area contributed by atoms with Crippen LogP contribution in [-0.2, 0) is 9.84 Å². The van der Waals surface area contributed by atoms with E-state index in [9.17, 15) is 8.42 Å². The number of nitrogens with zero attached hydrogens (tertiary/aromatic N) is 3. The minimum atomic E-state index is -3.03. The van der Waals surface area contributed by atoms with E-state index in [0.717, 1.165) is 19.0 Å². The standard InChI is InChI=1S/C18H36N4O2S/c1-6-19-17(22-11-12-25(23,24)18(4,5)14-22)20-13-16(15(2)3)21-9-7-8-10-21/h15-16H,6-14H2,1-5H3,(H,19,20). The molecule has 0 bridgehead atoms. The van der Waals surface area contributed by atoms with Crippen LogP contribution in [0.25, 0.3) is 0 Å². The van der Waals surface area contributed by atoms with Crippen molar-refractivity contribution in [2.24, 2.45) is 10.9 Å². The fourth-order valence-electron chi connectivity index (χ4n) is 3.75. The van der Waals surface area contributed by atoms with E-state index >= 15 is 0 Å². The molecule has 146 valence electrons. The molecule has 7 heteroatoms. The number of aliphatic imine (C=N–C) groups is 1. The Bertz CT molecular complexity index is 566. The lowest BCUT2D eigenvalue weighted by Gasteiger charge is -2.39. The van der Waals surface area contributed by atoms with Gasteiger partial charge in [0.1, 0.15) is 0 Å². The third kappa shape index (κ3) is 4.88. The van der Waals surface area contributed by atoms with Crippen molar-refractivity contribution in [1.82, 2.24) is 15.1 Å². The molecule has 2 aliphatic rings. The van der Waals surface area contributed by atoms with Gasteiger partial charge in [0.05, 0.1) is 17.0 Å². The Hall–Kier alpha value is -0.820. The highest BCUT2D eigenvalue weighted by Gasteiger charge is 2.41. The van der Waals surface area contributed by atoms with Crippen molar-refractivity contribution in [3.8, 4) is 0 Å². The van der Waals surface area contributed by atoms with E-state index in [4.69, 9.17) is 4.99 Å². The molecule has 0 spiro atoms. The maximum absolute atomic E-state index is 12.3. The summed E-state index contributed by atoms with van der Waals surface area (Å²) in [5, 5.41) is 3.36. The van der Waals surface area contributed by atoms with E-state index in [1.807, 2.05) is 13.8 Å². The first-order chi connectivity index (χ1) is 11.7. The van der Waals surface area contributed by atoms with E-state index in [1.165, 1.54) is 25.9 Å². The van der Waals surface area contributed by atoms with Crippen molar-refractivity contribution in [3.63, 3.8) is 0 Å². The molecular formula is C18H36N4O2S. The molecule has 2 heterocycles. The van der Waals surface area contributed by atoms with E-state index in [2.05, 4.69) is 35.9 Å². The summed E-state index contributed by atoms with van der Waals surface area (Å²) >= 11 is 0. The lowest BCUT2D eigenvalue weighted by atomic mass is 10.0. The topological polar surface area (TPSA) is 65.0 Å². The zero-order valence-electron chi connectivity index (χ0n) is 16.6. The first kappa shape index (κ1) is 20.5. The summed E-state index contributed by atoms with van der Waals surface area (Å²) in [4.78, 5) is 9.59. The molecule has 0 aromatic carbocycles. The first-order valence-electron chi connectivity index (χ1n) is 9.67. The Morgan fingerprint density at radius 2 is 1.84 bits per heavy atom. The SMILES string of the molecule is CCNC(=NCC(C(C)C)N1CCCC1)N1CCS(=O)(=O)C(C)(C)C1. The predicted octanol–water partition coefficient (Wildman–Crippen LogP) is 1.58. The van der Waals surface area contributed by atoms with Crippen molar-refractivity contribution in [1.29, 1.82) is 0 Å². The van der Waals surface area contributed by atoms with Gasteiger partial charge in [-0.1, -0.05) is 13.8 Å². The number of likely N-dealkylation sites (tertiary alicyclic amines) is 1. The third-order valence-electron chi connectivity index (χ3n) is 5.49. The number of hydrogen-bond donors (Lipinski definition) is 1. The van der Waals surface area contributed by atoms with Crippen molar-refractivity contribution in [2.45, 2.75) is 58.2 Å². The van der Waals surface area contributed by atoms with Crippen LogP contribution in [0.1, 0.15) is 47.5 Å². The molecule has 0 aromatic rings. The van der Waals surface area contributed by atoms with Crippen molar-refractivity contribution < 1.29 is 8.42 Å². The Morgan fingerprint density at radius 3 is 2.36 bits per heavy atom. The van der Waals surface area contributed by atoms with Gasteiger partial charge in [-0.3, -0.25) is 9.89 Å². The summed E-state index contributed by atoms with van der Waals surface area (Å²) in [7, 11) is -3.03. The van der Waals surface area contributed by atoms with Crippen LogP contribution in [0.4, 0.5) is 0 Å². The van der Waals surface area contributed by atoms with Gasteiger partial charge in [0, 0.05) is 25.7 Å². The molecule has 2 rings (SSSR count). The number of guanidine groups is 1.